The fraction of sp³-hybridized carbons (Fsp3) is 0.900. The standard InChI is InChI=1S/C10H22N2O2/c1-8(2)14-7-6-12-9(13)10(3,4)11-5/h8,11H,6-7H2,1-5H3,(H,12,13). The number of rotatable bonds is 6. The number of ether oxygens (including phenoxy) is 1. The maximum atomic E-state index is 11.5. The summed E-state index contributed by atoms with van der Waals surface area (Å²) in [5.41, 5.74) is -0.516. The van der Waals surface area contributed by atoms with E-state index in [4.69, 9.17) is 4.74 Å². The number of likely N-dealkylation sites (N-methyl/N-ethyl adjacent to an activating group) is 1. The van der Waals surface area contributed by atoms with Gasteiger partial charge in [0, 0.05) is 6.54 Å². The van der Waals surface area contributed by atoms with Crippen molar-refractivity contribution in [1.82, 2.24) is 10.6 Å². The van der Waals surface area contributed by atoms with Crippen molar-refractivity contribution in [2.45, 2.75) is 39.3 Å². The fourth-order valence-electron chi connectivity index (χ4n) is 0.794. The molecule has 0 aliphatic carbocycles. The lowest BCUT2D eigenvalue weighted by Crippen LogP contribution is -2.51. The first kappa shape index (κ1) is 13.4. The van der Waals surface area contributed by atoms with E-state index in [1.54, 1.807) is 7.05 Å². The molecule has 14 heavy (non-hydrogen) atoms. The van der Waals surface area contributed by atoms with Crippen molar-refractivity contribution in [3.05, 3.63) is 0 Å². The lowest BCUT2D eigenvalue weighted by molar-refractivity contribution is -0.126. The van der Waals surface area contributed by atoms with E-state index in [2.05, 4.69) is 10.6 Å². The summed E-state index contributed by atoms with van der Waals surface area (Å²) in [5, 5.41) is 5.74. The van der Waals surface area contributed by atoms with E-state index in [1.807, 2.05) is 27.7 Å². The van der Waals surface area contributed by atoms with Gasteiger partial charge in [0.05, 0.1) is 18.2 Å². The van der Waals surface area contributed by atoms with Crippen LogP contribution < -0.4 is 10.6 Å². The molecule has 4 heteroatoms. The minimum absolute atomic E-state index is 0.00708. The summed E-state index contributed by atoms with van der Waals surface area (Å²) in [6, 6.07) is 0. The molecule has 0 bridgehead atoms. The van der Waals surface area contributed by atoms with Crippen molar-refractivity contribution < 1.29 is 9.53 Å². The molecule has 0 aromatic heterocycles. The molecular formula is C10H22N2O2. The van der Waals surface area contributed by atoms with Crippen LogP contribution in [-0.4, -0.2) is 37.7 Å². The highest BCUT2D eigenvalue weighted by molar-refractivity contribution is 5.85. The lowest BCUT2D eigenvalue weighted by Gasteiger charge is -2.22. The number of carbonyl (C=O) groups excluding carboxylic acids is 1. The van der Waals surface area contributed by atoms with Crippen molar-refractivity contribution in [3.63, 3.8) is 0 Å². The van der Waals surface area contributed by atoms with Crippen LogP contribution in [0.15, 0.2) is 0 Å². The van der Waals surface area contributed by atoms with Gasteiger partial charge in [-0.15, -0.1) is 0 Å². The zero-order chi connectivity index (χ0) is 11.2. The second kappa shape index (κ2) is 5.98. The Labute approximate surface area is 86.4 Å². The first-order chi connectivity index (χ1) is 6.40. The van der Waals surface area contributed by atoms with Gasteiger partial charge in [-0.3, -0.25) is 4.79 Å². The van der Waals surface area contributed by atoms with E-state index < -0.39 is 5.54 Å². The molecule has 0 aromatic carbocycles. The number of hydrogen-bond donors (Lipinski definition) is 2. The Morgan fingerprint density at radius 3 is 2.43 bits per heavy atom. The molecule has 84 valence electrons. The van der Waals surface area contributed by atoms with E-state index in [1.165, 1.54) is 0 Å². The van der Waals surface area contributed by atoms with Gasteiger partial charge in [0.2, 0.25) is 5.91 Å². The average molecular weight is 202 g/mol. The lowest BCUT2D eigenvalue weighted by atomic mass is 10.1. The van der Waals surface area contributed by atoms with Gasteiger partial charge in [-0.25, -0.2) is 0 Å². The Bertz CT molecular complexity index is 179. The van der Waals surface area contributed by atoms with Crippen LogP contribution >= 0.6 is 0 Å². The minimum atomic E-state index is -0.516. The third kappa shape index (κ3) is 5.19. The summed E-state index contributed by atoms with van der Waals surface area (Å²) in [7, 11) is 1.77. The molecule has 4 nitrogen and oxygen atoms in total. The Kier molecular flexibility index (Phi) is 5.72. The highest BCUT2D eigenvalue weighted by atomic mass is 16.5. The van der Waals surface area contributed by atoms with Crippen LogP contribution in [0, 0.1) is 0 Å². The van der Waals surface area contributed by atoms with Crippen molar-refractivity contribution in [3.8, 4) is 0 Å². The quantitative estimate of drug-likeness (QED) is 0.618. The molecule has 0 rings (SSSR count). The normalized spacial score (nSPS) is 11.9. The second-order valence-corrected chi connectivity index (χ2v) is 4.05. The van der Waals surface area contributed by atoms with Gasteiger partial charge in [-0.05, 0) is 34.7 Å². The number of amides is 1. The van der Waals surface area contributed by atoms with Crippen LogP contribution in [0.5, 0.6) is 0 Å². The Hall–Kier alpha value is -0.610. The van der Waals surface area contributed by atoms with Crippen LogP contribution in [0.1, 0.15) is 27.7 Å². The largest absolute Gasteiger partial charge is 0.377 e. The van der Waals surface area contributed by atoms with Gasteiger partial charge in [-0.1, -0.05) is 0 Å². The summed E-state index contributed by atoms with van der Waals surface area (Å²) in [6.45, 7) is 8.74. The number of carbonyl (C=O) groups is 1. The maximum Gasteiger partial charge on any atom is 0.239 e. The zero-order valence-corrected chi connectivity index (χ0v) is 9.81. The third-order valence-corrected chi connectivity index (χ3v) is 2.03. The van der Waals surface area contributed by atoms with E-state index in [9.17, 15) is 4.79 Å². The Balaban J connectivity index is 3.64. The average Bonchev–Trinajstić information content (AvgIpc) is 2.11. The zero-order valence-electron chi connectivity index (χ0n) is 9.81. The summed E-state index contributed by atoms with van der Waals surface area (Å²) < 4.78 is 5.30. The van der Waals surface area contributed by atoms with Crippen molar-refractivity contribution >= 4 is 5.91 Å². The predicted octanol–water partition coefficient (Wildman–Crippen LogP) is 0.526. The van der Waals surface area contributed by atoms with Crippen molar-refractivity contribution in [2.24, 2.45) is 0 Å². The summed E-state index contributed by atoms with van der Waals surface area (Å²) in [5.74, 6) is -0.00708. The first-order valence-corrected chi connectivity index (χ1v) is 4.99. The molecule has 0 fully saturated rings. The highest BCUT2D eigenvalue weighted by Gasteiger charge is 2.24. The van der Waals surface area contributed by atoms with E-state index >= 15 is 0 Å². The van der Waals surface area contributed by atoms with Gasteiger partial charge in [0.1, 0.15) is 0 Å². The van der Waals surface area contributed by atoms with Crippen LogP contribution in [0.4, 0.5) is 0 Å². The molecule has 0 aromatic rings. The van der Waals surface area contributed by atoms with Gasteiger partial charge in [-0.2, -0.15) is 0 Å². The van der Waals surface area contributed by atoms with E-state index in [-0.39, 0.29) is 12.0 Å². The molecule has 0 aliphatic heterocycles. The first-order valence-electron chi connectivity index (χ1n) is 4.99. The molecule has 0 unspecified atom stereocenters. The van der Waals surface area contributed by atoms with Gasteiger partial charge in [0.25, 0.3) is 0 Å². The fourth-order valence-corrected chi connectivity index (χ4v) is 0.794. The van der Waals surface area contributed by atoms with E-state index in [0.29, 0.717) is 13.2 Å². The Morgan fingerprint density at radius 2 is 2.00 bits per heavy atom. The molecule has 0 atom stereocenters. The molecule has 0 saturated heterocycles. The third-order valence-electron chi connectivity index (χ3n) is 2.03. The topological polar surface area (TPSA) is 50.4 Å². The molecule has 2 N–H and O–H groups in total. The monoisotopic (exact) mass is 202 g/mol. The van der Waals surface area contributed by atoms with Crippen molar-refractivity contribution in [1.29, 1.82) is 0 Å². The van der Waals surface area contributed by atoms with Crippen LogP contribution in [0.2, 0.25) is 0 Å². The SMILES string of the molecule is CNC(C)(C)C(=O)NCCOC(C)C. The summed E-state index contributed by atoms with van der Waals surface area (Å²) in [4.78, 5) is 11.5. The molecule has 1 amide bonds. The van der Waals surface area contributed by atoms with Crippen molar-refractivity contribution in [2.75, 3.05) is 20.2 Å². The molecule has 0 radical (unpaired) electrons. The molecule has 0 aliphatic rings. The molecule has 0 spiro atoms. The van der Waals surface area contributed by atoms with Gasteiger partial charge >= 0.3 is 0 Å². The molecule has 0 heterocycles. The molecule has 0 saturated carbocycles. The van der Waals surface area contributed by atoms with Crippen LogP contribution in [-0.2, 0) is 9.53 Å². The predicted molar refractivity (Wildman–Crippen MR) is 57.2 cm³/mol. The molecular weight excluding hydrogens is 180 g/mol. The van der Waals surface area contributed by atoms with Crippen LogP contribution in [0.3, 0.4) is 0 Å². The minimum Gasteiger partial charge on any atom is -0.377 e. The summed E-state index contributed by atoms with van der Waals surface area (Å²) >= 11 is 0. The van der Waals surface area contributed by atoms with Crippen LogP contribution in [0.25, 0.3) is 0 Å². The summed E-state index contributed by atoms with van der Waals surface area (Å²) in [6.07, 6.45) is 0.212. The van der Waals surface area contributed by atoms with E-state index in [0.717, 1.165) is 0 Å². The maximum absolute atomic E-state index is 11.5. The van der Waals surface area contributed by atoms with Gasteiger partial charge in [0.15, 0.2) is 0 Å². The number of nitrogens with one attached hydrogen (secondary N) is 2. The highest BCUT2D eigenvalue weighted by Crippen LogP contribution is 1.99. The second-order valence-electron chi connectivity index (χ2n) is 4.05. The van der Waals surface area contributed by atoms with Gasteiger partial charge < -0.3 is 15.4 Å². The smallest absolute Gasteiger partial charge is 0.239 e. The Morgan fingerprint density at radius 1 is 1.43 bits per heavy atom. The number of hydrogen-bond acceptors (Lipinski definition) is 3.